The van der Waals surface area contributed by atoms with Crippen molar-refractivity contribution < 1.29 is 23.8 Å². The fourth-order valence-electron chi connectivity index (χ4n) is 3.75. The topological polar surface area (TPSA) is 81.0 Å². The number of carboxylic acid groups (broad SMARTS) is 1. The van der Waals surface area contributed by atoms with E-state index in [0.717, 1.165) is 18.9 Å². The average molecular weight is 376 g/mol. The maximum Gasteiger partial charge on any atom is 0.341 e. The van der Waals surface area contributed by atoms with Crippen molar-refractivity contribution in [1.29, 1.82) is 0 Å². The molecular formula is C19H21FN2O5. The number of benzene rings is 1. The van der Waals surface area contributed by atoms with E-state index >= 15 is 4.39 Å². The molecule has 27 heavy (non-hydrogen) atoms. The van der Waals surface area contributed by atoms with Crippen molar-refractivity contribution in [1.82, 2.24) is 4.57 Å². The molecule has 1 saturated carbocycles. The number of aromatic nitrogens is 1. The molecule has 1 aliphatic heterocycles. The highest BCUT2D eigenvalue weighted by molar-refractivity contribution is 5.97. The van der Waals surface area contributed by atoms with Crippen molar-refractivity contribution in [3.63, 3.8) is 0 Å². The van der Waals surface area contributed by atoms with Crippen molar-refractivity contribution >= 4 is 22.6 Å². The van der Waals surface area contributed by atoms with Crippen LogP contribution in [-0.2, 0) is 4.74 Å². The lowest BCUT2D eigenvalue weighted by molar-refractivity contribution is 0.0528. The SMILES string of the molecule is COc1c(N2CCOC(C)C2)c(F)cc2c(=O)c(C(=O)O)cn(C3CC3)c12. The number of methoxy groups -OCH3 is 1. The highest BCUT2D eigenvalue weighted by Crippen LogP contribution is 2.43. The molecule has 144 valence electrons. The monoisotopic (exact) mass is 376 g/mol. The third kappa shape index (κ3) is 2.93. The lowest BCUT2D eigenvalue weighted by atomic mass is 10.1. The number of halogens is 1. The Kier molecular flexibility index (Phi) is 4.30. The summed E-state index contributed by atoms with van der Waals surface area (Å²) in [5.74, 6) is -1.66. The molecule has 1 N–H and O–H groups in total. The molecule has 2 aromatic rings. The van der Waals surface area contributed by atoms with Gasteiger partial charge in [-0.25, -0.2) is 9.18 Å². The molecule has 0 bridgehead atoms. The van der Waals surface area contributed by atoms with Crippen LogP contribution in [0.25, 0.3) is 10.9 Å². The van der Waals surface area contributed by atoms with Crippen LogP contribution >= 0.6 is 0 Å². The summed E-state index contributed by atoms with van der Waals surface area (Å²) in [6, 6.07) is 1.23. The van der Waals surface area contributed by atoms with Gasteiger partial charge in [0.15, 0.2) is 11.6 Å². The Morgan fingerprint density at radius 3 is 2.74 bits per heavy atom. The van der Waals surface area contributed by atoms with Gasteiger partial charge in [-0.15, -0.1) is 0 Å². The number of aromatic carboxylic acids is 1. The Morgan fingerprint density at radius 2 is 2.15 bits per heavy atom. The summed E-state index contributed by atoms with van der Waals surface area (Å²) in [5, 5.41) is 9.40. The van der Waals surface area contributed by atoms with E-state index < -0.39 is 17.2 Å². The summed E-state index contributed by atoms with van der Waals surface area (Å²) in [6.45, 7) is 3.38. The summed E-state index contributed by atoms with van der Waals surface area (Å²) in [5.41, 5.74) is -0.320. The summed E-state index contributed by atoms with van der Waals surface area (Å²) >= 11 is 0. The number of carboxylic acids is 1. The predicted molar refractivity (Wildman–Crippen MR) is 97.6 cm³/mol. The van der Waals surface area contributed by atoms with E-state index in [4.69, 9.17) is 9.47 Å². The molecule has 1 aromatic carbocycles. The molecule has 0 radical (unpaired) electrons. The molecule has 0 amide bonds. The number of ether oxygens (including phenoxy) is 2. The maximum absolute atomic E-state index is 15.1. The fraction of sp³-hybridized carbons (Fsp3) is 0.474. The Hall–Kier alpha value is -2.61. The van der Waals surface area contributed by atoms with Crippen molar-refractivity contribution in [3.05, 3.63) is 33.9 Å². The van der Waals surface area contributed by atoms with Gasteiger partial charge in [0.25, 0.3) is 0 Å². The Bertz CT molecular complexity index is 982. The van der Waals surface area contributed by atoms with Gasteiger partial charge in [-0.1, -0.05) is 0 Å². The van der Waals surface area contributed by atoms with E-state index in [1.807, 2.05) is 11.8 Å². The second kappa shape index (κ2) is 6.53. The van der Waals surface area contributed by atoms with E-state index in [-0.39, 0.29) is 34.5 Å². The summed E-state index contributed by atoms with van der Waals surface area (Å²) in [7, 11) is 1.44. The van der Waals surface area contributed by atoms with Crippen molar-refractivity contribution in [3.8, 4) is 5.75 Å². The molecule has 4 rings (SSSR count). The molecule has 1 aromatic heterocycles. The first-order valence-electron chi connectivity index (χ1n) is 8.97. The van der Waals surface area contributed by atoms with Gasteiger partial charge in [0, 0.05) is 25.3 Å². The predicted octanol–water partition coefficient (Wildman–Crippen LogP) is 2.41. The van der Waals surface area contributed by atoms with E-state index in [1.54, 1.807) is 4.57 Å². The highest BCUT2D eigenvalue weighted by Gasteiger charge is 2.32. The van der Waals surface area contributed by atoms with Gasteiger partial charge >= 0.3 is 5.97 Å². The van der Waals surface area contributed by atoms with Crippen molar-refractivity contribution in [2.75, 3.05) is 31.7 Å². The van der Waals surface area contributed by atoms with Crippen LogP contribution in [0.1, 0.15) is 36.2 Å². The number of hydrogen-bond donors (Lipinski definition) is 1. The van der Waals surface area contributed by atoms with Gasteiger partial charge < -0.3 is 24.0 Å². The zero-order valence-electron chi connectivity index (χ0n) is 15.2. The molecule has 1 saturated heterocycles. The van der Waals surface area contributed by atoms with Crippen molar-refractivity contribution in [2.45, 2.75) is 31.9 Å². The van der Waals surface area contributed by atoms with Gasteiger partial charge in [0.05, 0.1) is 30.7 Å². The smallest absolute Gasteiger partial charge is 0.341 e. The largest absolute Gasteiger partial charge is 0.492 e. The summed E-state index contributed by atoms with van der Waals surface area (Å²) in [6.07, 6.45) is 3.05. The van der Waals surface area contributed by atoms with Crippen molar-refractivity contribution in [2.24, 2.45) is 0 Å². The number of carbonyl (C=O) groups is 1. The van der Waals surface area contributed by atoms with Gasteiger partial charge in [0.1, 0.15) is 11.3 Å². The van der Waals surface area contributed by atoms with Crippen LogP contribution in [0.2, 0.25) is 0 Å². The number of rotatable bonds is 4. The lowest BCUT2D eigenvalue weighted by Gasteiger charge is -2.34. The minimum atomic E-state index is -1.32. The van der Waals surface area contributed by atoms with E-state index in [2.05, 4.69) is 0 Å². The van der Waals surface area contributed by atoms with Crippen LogP contribution in [0.4, 0.5) is 10.1 Å². The quantitative estimate of drug-likeness (QED) is 0.883. The molecule has 8 heteroatoms. The van der Waals surface area contributed by atoms with Gasteiger partial charge in [-0.3, -0.25) is 4.79 Å². The minimum Gasteiger partial charge on any atom is -0.492 e. The number of pyridine rings is 1. The first-order valence-corrected chi connectivity index (χ1v) is 8.97. The molecule has 0 spiro atoms. The third-order valence-electron chi connectivity index (χ3n) is 5.13. The van der Waals surface area contributed by atoms with Crippen LogP contribution < -0.4 is 15.1 Å². The molecule has 2 fully saturated rings. The molecular weight excluding hydrogens is 355 g/mol. The number of anilines is 1. The van der Waals surface area contributed by atoms with Gasteiger partial charge in [-0.2, -0.15) is 0 Å². The number of fused-ring (bicyclic) bond motifs is 1. The van der Waals surface area contributed by atoms with Gasteiger partial charge in [-0.05, 0) is 25.8 Å². The summed E-state index contributed by atoms with van der Waals surface area (Å²) in [4.78, 5) is 26.0. The van der Waals surface area contributed by atoms with E-state index in [0.29, 0.717) is 25.2 Å². The molecule has 7 nitrogen and oxygen atoms in total. The average Bonchev–Trinajstić information content (AvgIpc) is 3.46. The molecule has 1 aliphatic carbocycles. The standard InChI is InChI=1S/C19H21FN2O5/c1-10-8-21(5-6-27-10)16-14(20)7-12-15(18(16)26-2)22(11-3-4-11)9-13(17(12)23)19(24)25/h7,9-11H,3-6,8H2,1-2H3,(H,24,25). The van der Waals surface area contributed by atoms with Crippen LogP contribution in [0, 0.1) is 5.82 Å². The molecule has 1 atom stereocenters. The normalized spacial score (nSPS) is 20.1. The van der Waals surface area contributed by atoms with Gasteiger partial charge in [0.2, 0.25) is 5.43 Å². The number of nitrogens with zero attached hydrogens (tertiary/aromatic N) is 2. The lowest BCUT2D eigenvalue weighted by Crippen LogP contribution is -2.41. The number of hydrogen-bond acceptors (Lipinski definition) is 5. The Labute approximate surface area is 154 Å². The Balaban J connectivity index is 2.03. The van der Waals surface area contributed by atoms with Crippen LogP contribution in [0.3, 0.4) is 0 Å². The zero-order chi connectivity index (χ0) is 19.3. The fourth-order valence-corrected chi connectivity index (χ4v) is 3.75. The summed E-state index contributed by atoms with van der Waals surface area (Å²) < 4.78 is 27.9. The minimum absolute atomic E-state index is 0.0289. The number of morpholine rings is 1. The maximum atomic E-state index is 15.1. The highest BCUT2D eigenvalue weighted by atomic mass is 19.1. The second-order valence-electron chi connectivity index (χ2n) is 7.08. The Morgan fingerprint density at radius 1 is 1.41 bits per heavy atom. The third-order valence-corrected chi connectivity index (χ3v) is 5.13. The first kappa shape index (κ1) is 17.8. The van der Waals surface area contributed by atoms with E-state index in [9.17, 15) is 14.7 Å². The molecule has 1 unspecified atom stereocenters. The van der Waals surface area contributed by atoms with Crippen LogP contribution in [0.15, 0.2) is 17.1 Å². The first-order chi connectivity index (χ1) is 12.9. The zero-order valence-corrected chi connectivity index (χ0v) is 15.2. The van der Waals surface area contributed by atoms with E-state index in [1.165, 1.54) is 13.3 Å². The molecule has 2 heterocycles. The molecule has 2 aliphatic rings. The second-order valence-corrected chi connectivity index (χ2v) is 7.08. The van der Waals surface area contributed by atoms with Crippen LogP contribution in [-0.4, -0.2) is 48.6 Å². The van der Waals surface area contributed by atoms with Crippen LogP contribution in [0.5, 0.6) is 5.75 Å².